The van der Waals surface area contributed by atoms with Crippen LogP contribution < -0.4 is 0 Å². The van der Waals surface area contributed by atoms with Gasteiger partial charge in [0.1, 0.15) is 0 Å². The first-order valence-electron chi connectivity index (χ1n) is 5.01. The summed E-state index contributed by atoms with van der Waals surface area (Å²) in [6.45, 7) is 3.60. The average molecular weight is 222 g/mol. The third kappa shape index (κ3) is 2.79. The van der Waals surface area contributed by atoms with E-state index in [0.717, 1.165) is 18.0 Å². The maximum atomic E-state index is 10.6. The summed E-state index contributed by atoms with van der Waals surface area (Å²) in [5.74, 6) is -0.336. The predicted octanol–water partition coefficient (Wildman–Crippen LogP) is -0.0541. The number of nitrogens with zero attached hydrogens (tertiary/aromatic N) is 2. The minimum absolute atomic E-state index is 0.146. The molecule has 0 spiro atoms. The number of hydrogen-bond acceptors (Lipinski definition) is 3. The lowest BCUT2D eigenvalue weighted by Gasteiger charge is -2.10. The topological polar surface area (TPSA) is 57.7 Å². The highest BCUT2D eigenvalue weighted by Gasteiger charge is 2.17. The number of carbonyl (C=O) groups is 3. The highest BCUT2D eigenvalue weighted by molar-refractivity contribution is 6.12. The molecule has 2 rings (SSSR count). The minimum atomic E-state index is -0.241. The van der Waals surface area contributed by atoms with Gasteiger partial charge in [0, 0.05) is 38.4 Å². The summed E-state index contributed by atoms with van der Waals surface area (Å²) in [5.41, 5.74) is 0. The van der Waals surface area contributed by atoms with Crippen LogP contribution in [0, 0.1) is 0 Å². The average Bonchev–Trinajstić information content (AvgIpc) is 2.81. The molecule has 0 N–H and O–H groups in total. The van der Waals surface area contributed by atoms with Gasteiger partial charge in [-0.15, -0.1) is 0 Å². The molecule has 2 aliphatic heterocycles. The summed E-state index contributed by atoms with van der Waals surface area (Å²) in [4.78, 5) is 34.3. The van der Waals surface area contributed by atoms with Gasteiger partial charge in [-0.2, -0.15) is 0 Å². The molecule has 0 fully saturated rings. The molecule has 0 unspecified atom stereocenters. The third-order valence-corrected chi connectivity index (χ3v) is 2.31. The van der Waals surface area contributed by atoms with Crippen molar-refractivity contribution in [3.63, 3.8) is 0 Å². The molecule has 0 aromatic carbocycles. The van der Waals surface area contributed by atoms with Gasteiger partial charge in [0.25, 0.3) is 11.8 Å². The number of likely N-dealkylation sites (N-methyl/N-ethyl adjacent to an activating group) is 2. The lowest BCUT2D eigenvalue weighted by molar-refractivity contribution is -0.135. The number of carbonyl (C=O) groups excluding carboxylic acids is 3. The number of rotatable bonds is 1. The number of amides is 3. The van der Waals surface area contributed by atoms with Crippen LogP contribution in [0.15, 0.2) is 24.3 Å². The van der Waals surface area contributed by atoms with Gasteiger partial charge >= 0.3 is 0 Å². The summed E-state index contributed by atoms with van der Waals surface area (Å²) in [6, 6.07) is 0. The maximum absolute atomic E-state index is 10.6. The van der Waals surface area contributed by atoms with E-state index in [1.54, 1.807) is 11.0 Å². The Bertz CT molecular complexity index is 353. The van der Waals surface area contributed by atoms with Gasteiger partial charge in [0.05, 0.1) is 0 Å². The fourth-order valence-corrected chi connectivity index (χ4v) is 1.24. The summed E-state index contributed by atoms with van der Waals surface area (Å²) in [6.07, 6.45) is 6.00. The van der Waals surface area contributed by atoms with Gasteiger partial charge in [-0.05, 0) is 6.92 Å². The van der Waals surface area contributed by atoms with Crippen molar-refractivity contribution < 1.29 is 14.4 Å². The third-order valence-electron chi connectivity index (χ3n) is 2.31. The molecule has 16 heavy (non-hydrogen) atoms. The van der Waals surface area contributed by atoms with Gasteiger partial charge in [0.15, 0.2) is 0 Å². The Kier molecular flexibility index (Phi) is 3.99. The summed E-state index contributed by atoms with van der Waals surface area (Å²) in [7, 11) is 1.45. The van der Waals surface area contributed by atoms with Crippen molar-refractivity contribution in [3.05, 3.63) is 24.3 Å². The zero-order chi connectivity index (χ0) is 12.1. The monoisotopic (exact) mass is 222 g/mol. The standard InChI is InChI=1S/C6H9NO.C5H5NO2/c1-2-7-5-3-4-6(7)8;1-6-4(7)2-3-5(6)8/h3-4H,2,5H2,1H3;2-3H,1H3. The van der Waals surface area contributed by atoms with Gasteiger partial charge in [-0.25, -0.2) is 0 Å². The Labute approximate surface area is 94.0 Å². The highest BCUT2D eigenvalue weighted by atomic mass is 16.2. The van der Waals surface area contributed by atoms with Crippen LogP contribution in [-0.2, 0) is 14.4 Å². The highest BCUT2D eigenvalue weighted by Crippen LogP contribution is 1.98. The first kappa shape index (κ1) is 12.2. The molecule has 2 heterocycles. The van der Waals surface area contributed by atoms with Crippen LogP contribution in [0.25, 0.3) is 0 Å². The van der Waals surface area contributed by atoms with E-state index in [0.29, 0.717) is 0 Å². The Hall–Kier alpha value is -1.91. The fourth-order valence-electron chi connectivity index (χ4n) is 1.24. The molecule has 86 valence electrons. The number of hydrogen-bond donors (Lipinski definition) is 0. The van der Waals surface area contributed by atoms with Crippen molar-refractivity contribution >= 4 is 17.7 Å². The zero-order valence-corrected chi connectivity index (χ0v) is 9.34. The quantitative estimate of drug-likeness (QED) is 0.584. The molecule has 0 aromatic rings. The van der Waals surface area contributed by atoms with Crippen molar-refractivity contribution in [1.82, 2.24) is 9.80 Å². The predicted molar refractivity (Wildman–Crippen MR) is 58.3 cm³/mol. The lowest BCUT2D eigenvalue weighted by atomic mass is 10.6. The molecular formula is C11H14N2O3. The van der Waals surface area contributed by atoms with E-state index in [9.17, 15) is 14.4 Å². The van der Waals surface area contributed by atoms with Crippen molar-refractivity contribution in [2.75, 3.05) is 20.1 Å². The Morgan fingerprint density at radius 1 is 1.06 bits per heavy atom. The van der Waals surface area contributed by atoms with E-state index in [2.05, 4.69) is 0 Å². The van der Waals surface area contributed by atoms with E-state index < -0.39 is 0 Å². The second kappa shape index (κ2) is 5.25. The molecule has 5 nitrogen and oxygen atoms in total. The largest absolute Gasteiger partial charge is 0.336 e. The smallest absolute Gasteiger partial charge is 0.253 e. The van der Waals surface area contributed by atoms with Crippen LogP contribution in [0.4, 0.5) is 0 Å². The van der Waals surface area contributed by atoms with Crippen LogP contribution in [0.3, 0.4) is 0 Å². The Morgan fingerprint density at radius 2 is 1.62 bits per heavy atom. The normalized spacial score (nSPS) is 18.2. The zero-order valence-electron chi connectivity index (χ0n) is 9.34. The van der Waals surface area contributed by atoms with E-state index in [1.807, 2.05) is 13.0 Å². The van der Waals surface area contributed by atoms with E-state index in [4.69, 9.17) is 0 Å². The van der Waals surface area contributed by atoms with Crippen molar-refractivity contribution in [1.29, 1.82) is 0 Å². The van der Waals surface area contributed by atoms with Gasteiger partial charge in [0.2, 0.25) is 5.91 Å². The van der Waals surface area contributed by atoms with E-state index in [1.165, 1.54) is 19.2 Å². The fraction of sp³-hybridized carbons (Fsp3) is 0.364. The first-order valence-corrected chi connectivity index (χ1v) is 5.01. The first-order chi connectivity index (χ1) is 7.56. The molecule has 0 saturated heterocycles. The Morgan fingerprint density at radius 3 is 1.81 bits per heavy atom. The van der Waals surface area contributed by atoms with Crippen LogP contribution in [0.5, 0.6) is 0 Å². The van der Waals surface area contributed by atoms with Crippen LogP contribution in [0.2, 0.25) is 0 Å². The molecule has 0 aromatic heterocycles. The van der Waals surface area contributed by atoms with E-state index >= 15 is 0 Å². The second-order valence-corrected chi connectivity index (χ2v) is 3.35. The molecule has 0 bridgehead atoms. The SMILES string of the molecule is CCN1CC=CC1=O.CN1C(=O)C=CC1=O. The summed E-state index contributed by atoms with van der Waals surface area (Å²) < 4.78 is 0. The number of imide groups is 1. The van der Waals surface area contributed by atoms with Crippen molar-refractivity contribution in [3.8, 4) is 0 Å². The van der Waals surface area contributed by atoms with Gasteiger partial charge in [-0.1, -0.05) is 6.08 Å². The van der Waals surface area contributed by atoms with Gasteiger partial charge < -0.3 is 4.90 Å². The molecule has 0 aliphatic carbocycles. The molecule has 3 amide bonds. The Balaban J connectivity index is 0.000000160. The van der Waals surface area contributed by atoms with Crippen LogP contribution in [-0.4, -0.2) is 47.7 Å². The molecule has 0 atom stereocenters. The van der Waals surface area contributed by atoms with Crippen molar-refractivity contribution in [2.45, 2.75) is 6.92 Å². The molecule has 2 aliphatic rings. The van der Waals surface area contributed by atoms with Crippen LogP contribution >= 0.6 is 0 Å². The molecule has 5 heteroatoms. The molecule has 0 saturated carbocycles. The van der Waals surface area contributed by atoms with Gasteiger partial charge in [-0.3, -0.25) is 19.3 Å². The second-order valence-electron chi connectivity index (χ2n) is 3.35. The lowest BCUT2D eigenvalue weighted by Crippen LogP contribution is -2.24. The molecule has 0 radical (unpaired) electrons. The van der Waals surface area contributed by atoms with Crippen LogP contribution in [0.1, 0.15) is 6.92 Å². The van der Waals surface area contributed by atoms with Crippen molar-refractivity contribution in [2.24, 2.45) is 0 Å². The minimum Gasteiger partial charge on any atom is -0.336 e. The maximum Gasteiger partial charge on any atom is 0.253 e. The van der Waals surface area contributed by atoms with E-state index in [-0.39, 0.29) is 17.7 Å². The summed E-state index contributed by atoms with van der Waals surface area (Å²) in [5, 5.41) is 0. The summed E-state index contributed by atoms with van der Waals surface area (Å²) >= 11 is 0. The molecular weight excluding hydrogens is 208 g/mol.